The summed E-state index contributed by atoms with van der Waals surface area (Å²) >= 11 is 2.44. The molecule has 1 saturated heterocycles. The molecule has 15 heteroatoms. The number of rotatable bonds is 4. The molecular weight excluding hydrogens is 610 g/mol. The van der Waals surface area contributed by atoms with Gasteiger partial charge in [-0.3, -0.25) is 9.36 Å². The van der Waals surface area contributed by atoms with E-state index in [1.165, 1.54) is 72.2 Å². The molecule has 0 bridgehead atoms. The van der Waals surface area contributed by atoms with Gasteiger partial charge in [0.15, 0.2) is 17.4 Å². The van der Waals surface area contributed by atoms with Crippen molar-refractivity contribution in [1.82, 2.24) is 19.5 Å². The monoisotopic (exact) mass is 622 g/mol. The number of hydrogen-bond acceptors (Lipinski definition) is 10. The molecule has 12 nitrogen and oxygen atoms in total. The second-order valence-electron chi connectivity index (χ2n) is 4.84. The number of aliphatic hydroxyl groups is 2. The van der Waals surface area contributed by atoms with E-state index < -0.39 is 44.5 Å². The van der Waals surface area contributed by atoms with Crippen molar-refractivity contribution in [1.29, 1.82) is 0 Å². The van der Waals surface area contributed by atoms with E-state index in [1.807, 2.05) is 0 Å². The molecule has 1 fully saturated rings. The van der Waals surface area contributed by atoms with Crippen molar-refractivity contribution in [3.05, 3.63) is 23.0 Å². The van der Waals surface area contributed by atoms with Gasteiger partial charge in [0.2, 0.25) is 0 Å². The van der Waals surface area contributed by atoms with Crippen LogP contribution in [0.15, 0.2) is 17.4 Å². The van der Waals surface area contributed by atoms with Gasteiger partial charge in [0.25, 0.3) is 5.56 Å². The Kier molecular flexibility index (Phi) is 8.92. The molecule has 0 spiro atoms. The zero-order valence-corrected chi connectivity index (χ0v) is 22.5. The van der Waals surface area contributed by atoms with Crippen LogP contribution in [0, 0.1) is 0 Å². The molecule has 3 N–H and O–H groups in total. The Bertz CT molecular complexity index is 825. The van der Waals surface area contributed by atoms with Crippen LogP contribution < -0.4 is 15.3 Å². The summed E-state index contributed by atoms with van der Waals surface area (Å²) in [5.41, 5.74) is -0.397. The summed E-state index contributed by atoms with van der Waals surface area (Å²) in [6.45, 7) is -0.750. The summed E-state index contributed by atoms with van der Waals surface area (Å²) in [4.78, 5) is 42.6. The van der Waals surface area contributed by atoms with Crippen LogP contribution in [0.2, 0.25) is 0 Å². The van der Waals surface area contributed by atoms with Crippen molar-refractivity contribution in [2.75, 3.05) is 6.61 Å². The number of nitrogens with zero attached hydrogens (tertiary/aromatic N) is 3. The van der Waals surface area contributed by atoms with Crippen molar-refractivity contribution >= 4 is 80.3 Å². The molecule has 4 atom stereocenters. The number of imidazole rings is 1. The van der Waals surface area contributed by atoms with Crippen LogP contribution in [0.1, 0.15) is 6.23 Å². The summed E-state index contributed by atoms with van der Waals surface area (Å²) in [7, 11) is -5.24. The van der Waals surface area contributed by atoms with Gasteiger partial charge in [-0.1, -0.05) is 0 Å². The van der Waals surface area contributed by atoms with E-state index in [9.17, 15) is 29.4 Å². The molecule has 0 aromatic carbocycles. The van der Waals surface area contributed by atoms with Crippen LogP contribution in [-0.2, 0) is 13.8 Å². The van der Waals surface area contributed by atoms with Gasteiger partial charge in [-0.15, -0.1) is 0 Å². The Labute approximate surface area is 184 Å². The molecule has 130 valence electrons. The number of nitrogens with one attached hydrogen (secondary N) is 1. The minimum absolute atomic E-state index is 0.00103. The molecule has 1 aliphatic heterocycles. The third-order valence-corrected chi connectivity index (χ3v) is 3.84. The summed E-state index contributed by atoms with van der Waals surface area (Å²) in [6.07, 6.45) is -3.11. The quantitative estimate of drug-likeness (QED) is 0.224. The van der Waals surface area contributed by atoms with Crippen LogP contribution >= 0.6 is 7.82 Å². The normalized spacial score (nSPS) is 26.3. The third kappa shape index (κ3) is 5.51. The standard InChI is InChI=1S/C10H13N4O8P.2Ba/c15-6-4(1-21-23(18,19)20)22-10(7(6)16)14-3-13-5-8(14)11-2-12-9(5)17;;/h2-4,6-7,10,15-16H,1H2,(H,11,12,17)(H2,18,19,20);;/p-2/t4-,6-,7-,10-;;/m1../s1. The minimum atomic E-state index is -5.24. The molecule has 3 heterocycles. The van der Waals surface area contributed by atoms with E-state index in [0.29, 0.717) is 0 Å². The van der Waals surface area contributed by atoms with Gasteiger partial charge in [-0.2, -0.15) is 0 Å². The molecule has 1 aliphatic rings. The van der Waals surface area contributed by atoms with Gasteiger partial charge in [-0.05, 0) is 0 Å². The topological polar surface area (TPSA) is 186 Å². The average Bonchev–Trinajstić information content (AvgIpc) is 3.11. The fourth-order valence-corrected chi connectivity index (χ4v) is 2.64. The molecule has 2 aromatic rings. The zero-order valence-electron chi connectivity index (χ0n) is 12.7. The second-order valence-corrected chi connectivity index (χ2v) is 6.00. The molecule has 0 unspecified atom stereocenters. The van der Waals surface area contributed by atoms with Crippen molar-refractivity contribution in [2.45, 2.75) is 24.5 Å². The molecule has 2 radical (unpaired) electrons. The first-order valence-electron chi connectivity index (χ1n) is 6.86. The second kappa shape index (κ2) is 9.80. The Morgan fingerprint density at radius 2 is 2.04 bits per heavy atom. The number of ether oxygens (including phenoxy) is 1. The summed E-state index contributed by atoms with van der Waals surface area (Å²) < 4.78 is 21.1. The number of aromatic nitrogens is 4. The van der Waals surface area contributed by atoms with Gasteiger partial charge in [-0.25, -0.2) is 9.97 Å². The fraction of sp³-hybridized carbons (Fsp3) is 0.500. The molecule has 0 amide bonds. The number of phosphoric acid groups is 1. The van der Waals surface area contributed by atoms with Crippen LogP contribution in [0.4, 0.5) is 0 Å². The molecular formula is C10H11Ba2N4O8P-2. The van der Waals surface area contributed by atoms with Crippen LogP contribution in [0.25, 0.3) is 11.2 Å². The first kappa shape index (κ1) is 22.8. The van der Waals surface area contributed by atoms with E-state index in [0.717, 1.165) is 6.33 Å². The SMILES string of the molecule is O=c1[nH]cnc2c1ncn2[C@@H]1O[C@H](COP(=O)([O-])[O-])[C@@H](O)[C@H]1O.[Ba][Ba]. The molecule has 0 saturated carbocycles. The van der Waals surface area contributed by atoms with Gasteiger partial charge in [0, 0.05) is 0 Å². The average molecular weight is 621 g/mol. The number of aliphatic hydroxyl groups excluding tert-OH is 2. The van der Waals surface area contributed by atoms with Crippen molar-refractivity contribution in [3.63, 3.8) is 0 Å². The zero-order chi connectivity index (χ0) is 18.8. The Morgan fingerprint density at radius 3 is 2.68 bits per heavy atom. The van der Waals surface area contributed by atoms with Crippen LogP contribution in [0.5, 0.6) is 0 Å². The number of hydrogen-bond donors (Lipinski definition) is 3. The summed E-state index contributed by atoms with van der Waals surface area (Å²) in [5, 5.41) is 19.9. The van der Waals surface area contributed by atoms with E-state index in [4.69, 9.17) is 4.74 Å². The van der Waals surface area contributed by atoms with Gasteiger partial charge >= 0.3 is 61.3 Å². The van der Waals surface area contributed by atoms with E-state index in [2.05, 4.69) is 19.5 Å². The van der Waals surface area contributed by atoms with E-state index in [-0.39, 0.29) is 11.2 Å². The van der Waals surface area contributed by atoms with Crippen molar-refractivity contribution in [2.24, 2.45) is 0 Å². The molecule has 2 aromatic heterocycles. The summed E-state index contributed by atoms with van der Waals surface area (Å²) in [5.74, 6) is 0. The predicted molar refractivity (Wildman–Crippen MR) is 79.1 cm³/mol. The van der Waals surface area contributed by atoms with Gasteiger partial charge in [0.1, 0.15) is 18.3 Å². The van der Waals surface area contributed by atoms with Crippen molar-refractivity contribution in [3.8, 4) is 0 Å². The number of fused-ring (bicyclic) bond motifs is 1. The molecule has 3 rings (SSSR count). The fourth-order valence-electron chi connectivity index (χ4n) is 2.31. The van der Waals surface area contributed by atoms with E-state index >= 15 is 0 Å². The number of H-pyrrole nitrogens is 1. The number of phosphoric ester groups is 1. The Balaban J connectivity index is 0.00000109. The first-order valence-corrected chi connectivity index (χ1v) is 34.3. The third-order valence-electron chi connectivity index (χ3n) is 3.37. The number of aromatic amines is 1. The Morgan fingerprint density at radius 1 is 1.36 bits per heavy atom. The molecule has 25 heavy (non-hydrogen) atoms. The van der Waals surface area contributed by atoms with E-state index in [1.54, 1.807) is 0 Å². The Hall–Kier alpha value is 1.48. The van der Waals surface area contributed by atoms with Gasteiger partial charge in [0.05, 0.1) is 27.1 Å². The predicted octanol–water partition coefficient (Wildman–Crippen LogP) is -4.18. The summed E-state index contributed by atoms with van der Waals surface area (Å²) in [6, 6.07) is 0. The maximum atomic E-state index is 11.6. The maximum absolute atomic E-state index is 11.6. The first-order chi connectivity index (χ1) is 11.8. The molecule has 0 aliphatic carbocycles. The van der Waals surface area contributed by atoms with Crippen LogP contribution in [-0.4, -0.2) is 116 Å². The van der Waals surface area contributed by atoms with Crippen LogP contribution in [0.3, 0.4) is 0 Å². The van der Waals surface area contributed by atoms with Gasteiger partial charge < -0.3 is 38.8 Å². The van der Waals surface area contributed by atoms with Crippen molar-refractivity contribution < 1.29 is 33.8 Å².